The molecule has 24 heavy (non-hydrogen) atoms. The van der Waals surface area contributed by atoms with Crippen LogP contribution in [0.2, 0.25) is 0 Å². The summed E-state index contributed by atoms with van der Waals surface area (Å²) in [6.07, 6.45) is 0. The molecule has 1 aromatic carbocycles. The lowest BCUT2D eigenvalue weighted by Gasteiger charge is -2.19. The molecule has 0 saturated carbocycles. The first-order valence-corrected chi connectivity index (χ1v) is 8.81. The first-order chi connectivity index (χ1) is 10.9. The number of esters is 1. The summed E-state index contributed by atoms with van der Waals surface area (Å²) >= 11 is 1.78. The van der Waals surface area contributed by atoms with E-state index in [2.05, 4.69) is 27.8 Å². The lowest BCUT2D eigenvalue weighted by Crippen LogP contribution is -2.39. The number of halogens is 1. The second-order valence-corrected chi connectivity index (χ2v) is 7.04. The molecule has 0 unspecified atom stereocenters. The van der Waals surface area contributed by atoms with E-state index in [1.54, 1.807) is 11.8 Å². The van der Waals surface area contributed by atoms with Crippen molar-refractivity contribution in [2.45, 2.75) is 38.2 Å². The van der Waals surface area contributed by atoms with Gasteiger partial charge >= 0.3 is 5.97 Å². The number of hydrogen-bond donors (Lipinski definition) is 2. The van der Waals surface area contributed by atoms with Gasteiger partial charge in [-0.1, -0.05) is 18.2 Å². The number of ether oxygens (including phenoxy) is 1. The van der Waals surface area contributed by atoms with Crippen molar-refractivity contribution in [3.63, 3.8) is 0 Å². The molecule has 1 rings (SSSR count). The summed E-state index contributed by atoms with van der Waals surface area (Å²) < 4.78 is 5.24. The van der Waals surface area contributed by atoms with Crippen LogP contribution in [0.3, 0.4) is 0 Å². The smallest absolute Gasteiger partial charge is 0.328 e. The first kappa shape index (κ1) is 23.0. The summed E-state index contributed by atoms with van der Waals surface area (Å²) in [6.45, 7) is 9.05. The maximum absolute atomic E-state index is 11.7. The van der Waals surface area contributed by atoms with Crippen LogP contribution in [0, 0.1) is 0 Å². The number of aliphatic imine (C=N–C) groups is 1. The molecule has 0 atom stereocenters. The highest BCUT2D eigenvalue weighted by atomic mass is 127. The van der Waals surface area contributed by atoms with Crippen LogP contribution in [-0.2, 0) is 9.53 Å². The van der Waals surface area contributed by atoms with Gasteiger partial charge in [-0.05, 0) is 39.8 Å². The van der Waals surface area contributed by atoms with Crippen molar-refractivity contribution >= 4 is 47.7 Å². The van der Waals surface area contributed by atoms with Gasteiger partial charge in [-0.3, -0.25) is 4.79 Å². The number of guanidine groups is 1. The zero-order valence-electron chi connectivity index (χ0n) is 14.8. The Kier molecular flexibility index (Phi) is 11.9. The molecular weight excluding hydrogens is 437 g/mol. The molecule has 0 aliphatic carbocycles. The van der Waals surface area contributed by atoms with E-state index in [4.69, 9.17) is 4.74 Å². The van der Waals surface area contributed by atoms with E-state index in [1.807, 2.05) is 45.9 Å². The number of nitrogens with one attached hydrogen (secondary N) is 2. The van der Waals surface area contributed by atoms with Crippen LogP contribution in [0.4, 0.5) is 0 Å². The van der Waals surface area contributed by atoms with E-state index in [0.717, 1.165) is 18.8 Å². The molecule has 136 valence electrons. The fraction of sp³-hybridized carbons (Fsp3) is 0.529. The molecule has 1 aromatic rings. The normalized spacial score (nSPS) is 11.4. The number of nitrogens with zero attached hydrogens (tertiary/aromatic N) is 1. The van der Waals surface area contributed by atoms with Gasteiger partial charge in [0.25, 0.3) is 0 Å². The number of carbonyl (C=O) groups excluding carboxylic acids is 1. The monoisotopic (exact) mass is 465 g/mol. The molecule has 0 aromatic heterocycles. The second-order valence-electron chi connectivity index (χ2n) is 5.87. The molecule has 5 nitrogen and oxygen atoms in total. The van der Waals surface area contributed by atoms with Crippen LogP contribution in [0.15, 0.2) is 40.2 Å². The predicted molar refractivity (Wildman–Crippen MR) is 112 cm³/mol. The van der Waals surface area contributed by atoms with Gasteiger partial charge in [0.1, 0.15) is 12.1 Å². The van der Waals surface area contributed by atoms with E-state index in [0.29, 0.717) is 5.96 Å². The van der Waals surface area contributed by atoms with Crippen molar-refractivity contribution in [1.82, 2.24) is 10.6 Å². The maximum Gasteiger partial charge on any atom is 0.328 e. The van der Waals surface area contributed by atoms with Gasteiger partial charge in [-0.25, -0.2) is 4.99 Å². The van der Waals surface area contributed by atoms with E-state index in [1.165, 1.54) is 4.90 Å². The summed E-state index contributed by atoms with van der Waals surface area (Å²) in [6, 6.07) is 10.2. The number of thioether (sulfide) groups is 1. The average molecular weight is 465 g/mol. The van der Waals surface area contributed by atoms with Gasteiger partial charge in [-0.2, -0.15) is 0 Å². The fourth-order valence-electron chi connectivity index (χ4n) is 1.71. The quantitative estimate of drug-likeness (QED) is 0.162. The van der Waals surface area contributed by atoms with Crippen LogP contribution in [0.1, 0.15) is 27.7 Å². The molecule has 2 N–H and O–H groups in total. The van der Waals surface area contributed by atoms with E-state index in [-0.39, 0.29) is 36.5 Å². The zero-order chi connectivity index (χ0) is 17.1. The summed E-state index contributed by atoms with van der Waals surface area (Å²) in [4.78, 5) is 17.2. The largest absolute Gasteiger partial charge is 0.459 e. The third-order valence-corrected chi connectivity index (χ3v) is 3.55. The summed E-state index contributed by atoms with van der Waals surface area (Å²) in [5.41, 5.74) is -0.481. The molecule has 0 fully saturated rings. The SMILES string of the molecule is CCNC(=NCC(=O)OC(C)(C)C)NCCSc1ccccc1.I. The minimum atomic E-state index is -0.481. The Morgan fingerprint density at radius 2 is 1.88 bits per heavy atom. The molecule has 0 aliphatic rings. The Morgan fingerprint density at radius 1 is 1.21 bits per heavy atom. The first-order valence-electron chi connectivity index (χ1n) is 7.82. The van der Waals surface area contributed by atoms with Gasteiger partial charge in [0.15, 0.2) is 5.96 Å². The minimum Gasteiger partial charge on any atom is -0.459 e. The van der Waals surface area contributed by atoms with Gasteiger partial charge in [0.05, 0.1) is 0 Å². The molecule has 7 heteroatoms. The van der Waals surface area contributed by atoms with Crippen molar-refractivity contribution in [1.29, 1.82) is 0 Å². The Hall–Kier alpha value is -0.960. The van der Waals surface area contributed by atoms with Gasteiger partial charge < -0.3 is 15.4 Å². The van der Waals surface area contributed by atoms with Crippen LogP contribution >= 0.6 is 35.7 Å². The highest BCUT2D eigenvalue weighted by molar-refractivity contribution is 14.0. The van der Waals surface area contributed by atoms with Crippen LogP contribution in [0.25, 0.3) is 0 Å². The summed E-state index contributed by atoms with van der Waals surface area (Å²) in [5.74, 6) is 1.22. The number of carbonyl (C=O) groups is 1. The molecule has 0 saturated heterocycles. The maximum atomic E-state index is 11.7. The van der Waals surface area contributed by atoms with Crippen LogP contribution in [-0.4, -0.2) is 42.9 Å². The van der Waals surface area contributed by atoms with Gasteiger partial charge in [0, 0.05) is 23.7 Å². The Balaban J connectivity index is 0.00000529. The highest BCUT2D eigenvalue weighted by Crippen LogP contribution is 2.15. The topological polar surface area (TPSA) is 62.7 Å². The van der Waals surface area contributed by atoms with Gasteiger partial charge in [-0.15, -0.1) is 35.7 Å². The predicted octanol–water partition coefficient (Wildman–Crippen LogP) is 3.29. The molecule has 0 bridgehead atoms. The van der Waals surface area contributed by atoms with Gasteiger partial charge in [0.2, 0.25) is 0 Å². The van der Waals surface area contributed by atoms with E-state index >= 15 is 0 Å². The van der Waals surface area contributed by atoms with E-state index < -0.39 is 5.60 Å². The molecule has 0 spiro atoms. The number of hydrogen-bond acceptors (Lipinski definition) is 4. The number of benzene rings is 1. The highest BCUT2D eigenvalue weighted by Gasteiger charge is 2.15. The molecule has 0 radical (unpaired) electrons. The zero-order valence-corrected chi connectivity index (χ0v) is 17.9. The number of rotatable bonds is 7. The van der Waals surface area contributed by atoms with Crippen molar-refractivity contribution in [2.75, 3.05) is 25.4 Å². The van der Waals surface area contributed by atoms with Crippen LogP contribution < -0.4 is 10.6 Å². The second kappa shape index (κ2) is 12.4. The Morgan fingerprint density at radius 3 is 2.46 bits per heavy atom. The lowest BCUT2D eigenvalue weighted by atomic mass is 10.2. The molecule has 0 amide bonds. The van der Waals surface area contributed by atoms with Crippen molar-refractivity contribution in [3.8, 4) is 0 Å². The standard InChI is InChI=1S/C17H27N3O2S.HI/c1-5-18-16(20-13-15(21)22-17(2,3)4)19-11-12-23-14-9-7-6-8-10-14;/h6-10H,5,11-13H2,1-4H3,(H2,18,19,20);1H. The third kappa shape index (κ3) is 11.6. The summed E-state index contributed by atoms with van der Waals surface area (Å²) in [5, 5.41) is 6.34. The molecule has 0 aliphatic heterocycles. The minimum absolute atomic E-state index is 0. The van der Waals surface area contributed by atoms with Crippen molar-refractivity contribution in [3.05, 3.63) is 30.3 Å². The van der Waals surface area contributed by atoms with Crippen molar-refractivity contribution < 1.29 is 9.53 Å². The summed E-state index contributed by atoms with van der Waals surface area (Å²) in [7, 11) is 0. The molecule has 0 heterocycles. The third-order valence-electron chi connectivity index (χ3n) is 2.54. The van der Waals surface area contributed by atoms with Crippen LogP contribution in [0.5, 0.6) is 0 Å². The van der Waals surface area contributed by atoms with Crippen molar-refractivity contribution in [2.24, 2.45) is 4.99 Å². The average Bonchev–Trinajstić information content (AvgIpc) is 2.48. The lowest BCUT2D eigenvalue weighted by molar-refractivity contribution is -0.152. The molecular formula is C17H28IN3O2S. The Bertz CT molecular complexity index is 504. The van der Waals surface area contributed by atoms with E-state index in [9.17, 15) is 4.79 Å². The fourth-order valence-corrected chi connectivity index (χ4v) is 2.50. The Labute approximate surface area is 166 Å².